The van der Waals surface area contributed by atoms with Gasteiger partial charge >= 0.3 is 6.18 Å². The lowest BCUT2D eigenvalue weighted by Crippen LogP contribution is -2.32. The molecule has 0 bridgehead atoms. The van der Waals surface area contributed by atoms with E-state index in [0.29, 0.717) is 39.8 Å². The number of benzene rings is 3. The number of nitrogens with zero attached hydrogens (tertiary/aromatic N) is 1. The van der Waals surface area contributed by atoms with Gasteiger partial charge in [0.15, 0.2) is 11.5 Å². The van der Waals surface area contributed by atoms with Crippen molar-refractivity contribution in [3.8, 4) is 17.2 Å². The molecule has 0 unspecified atom stereocenters. The Bertz CT molecular complexity index is 1670. The summed E-state index contributed by atoms with van der Waals surface area (Å²) in [6, 6.07) is 14.8. The van der Waals surface area contributed by atoms with E-state index in [2.05, 4.69) is 4.98 Å². The van der Waals surface area contributed by atoms with E-state index in [0.717, 1.165) is 22.5 Å². The van der Waals surface area contributed by atoms with Crippen molar-refractivity contribution in [1.82, 2.24) is 9.29 Å². The van der Waals surface area contributed by atoms with E-state index < -0.39 is 38.8 Å². The topological polar surface area (TPSA) is 97.9 Å². The molecule has 0 spiro atoms. The fourth-order valence-electron chi connectivity index (χ4n) is 4.09. The Morgan fingerprint density at radius 2 is 1.68 bits per heavy atom. The molecule has 4 aromatic rings. The van der Waals surface area contributed by atoms with Crippen LogP contribution in [-0.2, 0) is 29.3 Å². The van der Waals surface area contributed by atoms with Gasteiger partial charge < -0.3 is 19.2 Å². The van der Waals surface area contributed by atoms with Crippen LogP contribution in [0.2, 0.25) is 0 Å². The first-order chi connectivity index (χ1) is 18.0. The molecule has 12 heteroatoms. The van der Waals surface area contributed by atoms with Crippen LogP contribution in [0.4, 0.5) is 13.2 Å². The van der Waals surface area contributed by atoms with Gasteiger partial charge in [-0.1, -0.05) is 18.2 Å². The number of aromatic nitrogens is 1. The summed E-state index contributed by atoms with van der Waals surface area (Å²) in [5.74, 6) is 1.49. The molecule has 0 aliphatic carbocycles. The van der Waals surface area contributed by atoms with Crippen molar-refractivity contribution in [2.75, 3.05) is 13.9 Å². The molecule has 1 N–H and O–H groups in total. The van der Waals surface area contributed by atoms with E-state index >= 15 is 0 Å². The molecule has 3 aromatic carbocycles. The number of hydrogen-bond donors (Lipinski definition) is 1. The van der Waals surface area contributed by atoms with Gasteiger partial charge in [0.05, 0.1) is 23.1 Å². The third-order valence-electron chi connectivity index (χ3n) is 6.08. The summed E-state index contributed by atoms with van der Waals surface area (Å²) in [6.45, 7) is -0.570. The van der Waals surface area contributed by atoms with Crippen LogP contribution in [0.15, 0.2) is 76.4 Å². The first-order valence-corrected chi connectivity index (χ1v) is 12.7. The van der Waals surface area contributed by atoms with Crippen LogP contribution in [0.25, 0.3) is 10.9 Å². The molecule has 0 fully saturated rings. The van der Waals surface area contributed by atoms with Crippen LogP contribution in [0.3, 0.4) is 0 Å². The monoisotopic (exact) mass is 546 g/mol. The molecule has 38 heavy (non-hydrogen) atoms. The molecule has 0 saturated heterocycles. The largest absolute Gasteiger partial charge is 0.497 e. The summed E-state index contributed by atoms with van der Waals surface area (Å²) in [5.41, 5.74) is -0.536. The maximum Gasteiger partial charge on any atom is 0.416 e. The van der Waals surface area contributed by atoms with Crippen molar-refractivity contribution >= 4 is 20.9 Å². The zero-order valence-electron chi connectivity index (χ0n) is 19.9. The average molecular weight is 547 g/mol. The maximum absolute atomic E-state index is 13.7. The molecule has 198 valence electrons. The van der Waals surface area contributed by atoms with E-state index in [9.17, 15) is 26.4 Å². The number of ether oxygens (including phenoxy) is 3. The highest BCUT2D eigenvalue weighted by Crippen LogP contribution is 2.36. The maximum atomic E-state index is 13.7. The summed E-state index contributed by atoms with van der Waals surface area (Å²) < 4.78 is 84.1. The van der Waals surface area contributed by atoms with E-state index in [-0.39, 0.29) is 18.9 Å². The standard InChI is InChI=1S/C26H21F3N2O6S/c1-35-20-7-5-16(6-8-20)13-31(38(33,34)21-4-2-3-19(11-21)26(27,28)29)14-18-9-17-10-23-24(37-15-36-23)12-22(17)30-25(18)32/h2-12H,13-15H2,1H3,(H,30,32). The van der Waals surface area contributed by atoms with E-state index in [4.69, 9.17) is 14.2 Å². The van der Waals surface area contributed by atoms with Gasteiger partial charge in [-0.15, -0.1) is 0 Å². The number of aromatic amines is 1. The van der Waals surface area contributed by atoms with Gasteiger partial charge in [0.2, 0.25) is 16.8 Å². The van der Waals surface area contributed by atoms with Crippen LogP contribution in [0, 0.1) is 0 Å². The molecule has 0 atom stereocenters. The minimum Gasteiger partial charge on any atom is -0.497 e. The fraction of sp³-hybridized carbons (Fsp3) is 0.192. The van der Waals surface area contributed by atoms with Crippen molar-refractivity contribution in [1.29, 1.82) is 0 Å². The third-order valence-corrected chi connectivity index (χ3v) is 7.87. The molecule has 1 aliphatic heterocycles. The molecule has 1 aliphatic rings. The molecule has 0 saturated carbocycles. The Labute approximate surface area is 215 Å². The Balaban J connectivity index is 1.57. The van der Waals surface area contributed by atoms with Crippen molar-refractivity contribution in [3.05, 3.63) is 93.8 Å². The van der Waals surface area contributed by atoms with Crippen LogP contribution in [-0.4, -0.2) is 31.6 Å². The molecule has 8 nitrogen and oxygen atoms in total. The minimum absolute atomic E-state index is 0.0353. The summed E-state index contributed by atoms with van der Waals surface area (Å²) in [5, 5.41) is 0.574. The lowest BCUT2D eigenvalue weighted by Gasteiger charge is -2.23. The van der Waals surface area contributed by atoms with Crippen LogP contribution < -0.4 is 19.8 Å². The number of hydrogen-bond acceptors (Lipinski definition) is 6. The highest BCUT2D eigenvalue weighted by Gasteiger charge is 2.33. The number of rotatable bonds is 7. The second-order valence-corrected chi connectivity index (χ2v) is 10.5. The van der Waals surface area contributed by atoms with Gasteiger partial charge in [-0.05, 0) is 48.0 Å². The van der Waals surface area contributed by atoms with E-state index in [1.807, 2.05) is 0 Å². The van der Waals surface area contributed by atoms with Crippen LogP contribution >= 0.6 is 0 Å². The molecule has 5 rings (SSSR count). The number of H-pyrrole nitrogens is 1. The number of methoxy groups -OCH3 is 1. The fourth-order valence-corrected chi connectivity index (χ4v) is 5.54. The van der Waals surface area contributed by atoms with E-state index in [1.54, 1.807) is 36.4 Å². The normalized spacial score (nSPS) is 13.3. The molecular weight excluding hydrogens is 525 g/mol. The highest BCUT2D eigenvalue weighted by atomic mass is 32.2. The molecular formula is C26H21F3N2O6S. The highest BCUT2D eigenvalue weighted by molar-refractivity contribution is 7.89. The zero-order valence-corrected chi connectivity index (χ0v) is 20.7. The molecule has 0 radical (unpaired) electrons. The molecule has 2 heterocycles. The summed E-state index contributed by atoms with van der Waals surface area (Å²) >= 11 is 0. The first-order valence-electron chi connectivity index (χ1n) is 11.3. The average Bonchev–Trinajstić information content (AvgIpc) is 3.34. The Hall–Kier alpha value is -4.03. The second-order valence-electron chi connectivity index (χ2n) is 8.56. The van der Waals surface area contributed by atoms with Crippen LogP contribution in [0.5, 0.6) is 17.2 Å². The van der Waals surface area contributed by atoms with Crippen molar-refractivity contribution in [2.45, 2.75) is 24.2 Å². The van der Waals surface area contributed by atoms with Gasteiger partial charge in [-0.2, -0.15) is 17.5 Å². The Morgan fingerprint density at radius 3 is 2.37 bits per heavy atom. The number of sulfonamides is 1. The van der Waals surface area contributed by atoms with Crippen molar-refractivity contribution in [3.63, 3.8) is 0 Å². The van der Waals surface area contributed by atoms with E-state index in [1.165, 1.54) is 13.2 Å². The van der Waals surface area contributed by atoms with Gasteiger partial charge in [0.1, 0.15) is 5.75 Å². The number of pyridine rings is 1. The smallest absolute Gasteiger partial charge is 0.416 e. The summed E-state index contributed by atoms with van der Waals surface area (Å²) in [7, 11) is -2.99. The number of alkyl halides is 3. The van der Waals surface area contributed by atoms with Crippen LogP contribution in [0.1, 0.15) is 16.7 Å². The second kappa shape index (κ2) is 9.69. The number of fused-ring (bicyclic) bond motifs is 2. The van der Waals surface area contributed by atoms with Crippen molar-refractivity contribution < 1.29 is 35.8 Å². The Morgan fingerprint density at radius 1 is 0.974 bits per heavy atom. The van der Waals surface area contributed by atoms with Crippen molar-refractivity contribution in [2.24, 2.45) is 0 Å². The van der Waals surface area contributed by atoms with Gasteiger partial charge in [-0.25, -0.2) is 8.42 Å². The summed E-state index contributed by atoms with van der Waals surface area (Å²) in [6.07, 6.45) is -4.73. The zero-order chi connectivity index (χ0) is 27.1. The van der Waals surface area contributed by atoms with Gasteiger partial charge in [0, 0.05) is 30.1 Å². The predicted molar refractivity (Wildman–Crippen MR) is 132 cm³/mol. The SMILES string of the molecule is COc1ccc(CN(Cc2cc3cc4c(cc3[nH]c2=O)OCO4)S(=O)(=O)c2cccc(C(F)(F)F)c2)cc1. The number of nitrogens with one attached hydrogen (secondary N) is 1. The Kier molecular flexibility index (Phi) is 6.53. The summed E-state index contributed by atoms with van der Waals surface area (Å²) in [4.78, 5) is 15.1. The molecule has 1 aromatic heterocycles. The predicted octanol–water partition coefficient (Wildman–Crippen LogP) is 4.68. The molecule has 0 amide bonds. The lowest BCUT2D eigenvalue weighted by molar-refractivity contribution is -0.137. The lowest BCUT2D eigenvalue weighted by atomic mass is 10.1. The quantitative estimate of drug-likeness (QED) is 0.362. The number of halogens is 3. The minimum atomic E-state index is -4.73. The third kappa shape index (κ3) is 5.04. The first kappa shape index (κ1) is 25.6. The van der Waals surface area contributed by atoms with Gasteiger partial charge in [-0.3, -0.25) is 4.79 Å². The van der Waals surface area contributed by atoms with Gasteiger partial charge in [0.25, 0.3) is 5.56 Å².